The van der Waals surface area contributed by atoms with Gasteiger partial charge in [0.1, 0.15) is 18.1 Å². The topological polar surface area (TPSA) is 130 Å². The van der Waals surface area contributed by atoms with Gasteiger partial charge in [0.15, 0.2) is 0 Å². The standard InChI is InChI=1S/C14H24N4O4/c1-8(19)11(15)14(22)18-7-3-5-10(18)13(21)17-6-2-4-9(17)12(16)20/h8-11,19H,2-7,15H2,1H3,(H2,16,20). The van der Waals surface area contributed by atoms with Crippen molar-refractivity contribution in [1.82, 2.24) is 9.80 Å². The zero-order valence-electron chi connectivity index (χ0n) is 12.8. The first-order valence-electron chi connectivity index (χ1n) is 7.68. The Morgan fingerprint density at radius 3 is 2.18 bits per heavy atom. The van der Waals surface area contributed by atoms with E-state index >= 15 is 0 Å². The summed E-state index contributed by atoms with van der Waals surface area (Å²) in [6.07, 6.45) is 1.55. The molecule has 0 spiro atoms. The van der Waals surface area contributed by atoms with E-state index in [1.165, 1.54) is 16.7 Å². The minimum atomic E-state index is -1.04. The molecule has 2 rings (SSSR count). The summed E-state index contributed by atoms with van der Waals surface area (Å²) in [5.74, 6) is -1.19. The van der Waals surface area contributed by atoms with Crippen LogP contribution in [0, 0.1) is 0 Å². The van der Waals surface area contributed by atoms with E-state index in [4.69, 9.17) is 11.5 Å². The van der Waals surface area contributed by atoms with E-state index in [-0.39, 0.29) is 5.91 Å². The number of nitrogens with zero attached hydrogens (tertiary/aromatic N) is 2. The highest BCUT2D eigenvalue weighted by Gasteiger charge is 2.42. The maximum Gasteiger partial charge on any atom is 0.246 e. The van der Waals surface area contributed by atoms with Crippen LogP contribution in [-0.4, -0.2) is 69.9 Å². The molecule has 0 aromatic heterocycles. The fraction of sp³-hybridized carbons (Fsp3) is 0.786. The molecular weight excluding hydrogens is 288 g/mol. The molecular formula is C14H24N4O4. The van der Waals surface area contributed by atoms with E-state index in [0.717, 1.165) is 6.42 Å². The van der Waals surface area contributed by atoms with Gasteiger partial charge in [-0.1, -0.05) is 0 Å². The molecule has 4 atom stereocenters. The SMILES string of the molecule is CC(O)C(N)C(=O)N1CCCC1C(=O)N1CCCC1C(N)=O. The molecule has 0 bridgehead atoms. The number of hydrogen-bond donors (Lipinski definition) is 3. The molecule has 0 saturated carbocycles. The van der Waals surface area contributed by atoms with Gasteiger partial charge in [0.2, 0.25) is 17.7 Å². The molecule has 3 amide bonds. The number of carbonyl (C=O) groups excluding carboxylic acids is 3. The van der Waals surface area contributed by atoms with Crippen molar-refractivity contribution in [3.05, 3.63) is 0 Å². The maximum atomic E-state index is 12.7. The summed E-state index contributed by atoms with van der Waals surface area (Å²) < 4.78 is 0. The van der Waals surface area contributed by atoms with E-state index in [1.807, 2.05) is 0 Å². The van der Waals surface area contributed by atoms with Crippen molar-refractivity contribution < 1.29 is 19.5 Å². The lowest BCUT2D eigenvalue weighted by molar-refractivity contribution is -0.147. The van der Waals surface area contributed by atoms with Gasteiger partial charge in [-0.2, -0.15) is 0 Å². The largest absolute Gasteiger partial charge is 0.391 e. The molecule has 0 aliphatic carbocycles. The second-order valence-corrected chi connectivity index (χ2v) is 6.05. The summed E-state index contributed by atoms with van der Waals surface area (Å²) in [6.45, 7) is 2.36. The number of likely N-dealkylation sites (tertiary alicyclic amines) is 2. The van der Waals surface area contributed by atoms with E-state index in [0.29, 0.717) is 32.4 Å². The molecule has 5 N–H and O–H groups in total. The van der Waals surface area contributed by atoms with Gasteiger partial charge in [-0.25, -0.2) is 0 Å². The third kappa shape index (κ3) is 3.07. The number of carbonyl (C=O) groups is 3. The Labute approximate surface area is 129 Å². The molecule has 2 aliphatic heterocycles. The lowest BCUT2D eigenvalue weighted by atomic mass is 10.1. The monoisotopic (exact) mass is 312 g/mol. The third-order valence-electron chi connectivity index (χ3n) is 4.49. The van der Waals surface area contributed by atoms with E-state index in [9.17, 15) is 19.5 Å². The molecule has 4 unspecified atom stereocenters. The van der Waals surface area contributed by atoms with E-state index in [2.05, 4.69) is 0 Å². The van der Waals surface area contributed by atoms with Crippen LogP contribution in [0.1, 0.15) is 32.6 Å². The summed E-state index contributed by atoms with van der Waals surface area (Å²) in [5, 5.41) is 9.47. The minimum absolute atomic E-state index is 0.245. The lowest BCUT2D eigenvalue weighted by Gasteiger charge is -2.32. The molecule has 2 aliphatic rings. The minimum Gasteiger partial charge on any atom is -0.391 e. The van der Waals surface area contributed by atoms with Crippen LogP contribution in [0.2, 0.25) is 0 Å². The van der Waals surface area contributed by atoms with Crippen LogP contribution in [0.15, 0.2) is 0 Å². The first-order valence-corrected chi connectivity index (χ1v) is 7.68. The van der Waals surface area contributed by atoms with Crippen LogP contribution >= 0.6 is 0 Å². The molecule has 2 fully saturated rings. The predicted molar refractivity (Wildman–Crippen MR) is 78.3 cm³/mol. The molecule has 2 saturated heterocycles. The highest BCUT2D eigenvalue weighted by Crippen LogP contribution is 2.25. The van der Waals surface area contributed by atoms with E-state index < -0.39 is 36.0 Å². The van der Waals surface area contributed by atoms with Gasteiger partial charge in [0.25, 0.3) is 0 Å². The zero-order valence-corrected chi connectivity index (χ0v) is 12.8. The molecule has 8 nitrogen and oxygen atoms in total. The normalized spacial score (nSPS) is 27.8. The van der Waals surface area contributed by atoms with Crippen LogP contribution in [0.4, 0.5) is 0 Å². The molecule has 0 aromatic rings. The number of rotatable bonds is 4. The van der Waals surface area contributed by atoms with Crippen molar-refractivity contribution in [3.8, 4) is 0 Å². The highest BCUT2D eigenvalue weighted by molar-refractivity contribution is 5.93. The van der Waals surface area contributed by atoms with Crippen molar-refractivity contribution in [2.24, 2.45) is 11.5 Å². The smallest absolute Gasteiger partial charge is 0.246 e. The first kappa shape index (κ1) is 16.7. The number of aliphatic hydroxyl groups is 1. The number of hydrogen-bond acceptors (Lipinski definition) is 5. The number of aliphatic hydroxyl groups excluding tert-OH is 1. The van der Waals surface area contributed by atoms with Crippen LogP contribution in [-0.2, 0) is 14.4 Å². The molecule has 22 heavy (non-hydrogen) atoms. The quantitative estimate of drug-likeness (QED) is 0.562. The van der Waals surface area contributed by atoms with Gasteiger partial charge in [-0.15, -0.1) is 0 Å². The van der Waals surface area contributed by atoms with Crippen LogP contribution in [0.5, 0.6) is 0 Å². The van der Waals surface area contributed by atoms with Gasteiger partial charge in [-0.05, 0) is 32.6 Å². The highest BCUT2D eigenvalue weighted by atomic mass is 16.3. The van der Waals surface area contributed by atoms with Gasteiger partial charge >= 0.3 is 0 Å². The Kier molecular flexibility index (Phi) is 5.02. The fourth-order valence-electron chi connectivity index (χ4n) is 3.20. The molecule has 2 heterocycles. The van der Waals surface area contributed by atoms with Gasteiger partial charge in [0.05, 0.1) is 6.10 Å². The Morgan fingerprint density at radius 1 is 1.09 bits per heavy atom. The average Bonchev–Trinajstić information content (AvgIpc) is 3.13. The van der Waals surface area contributed by atoms with Crippen molar-refractivity contribution >= 4 is 17.7 Å². The zero-order chi connectivity index (χ0) is 16.4. The van der Waals surface area contributed by atoms with Crippen molar-refractivity contribution in [3.63, 3.8) is 0 Å². The second kappa shape index (κ2) is 6.62. The van der Waals surface area contributed by atoms with Crippen LogP contribution in [0.25, 0.3) is 0 Å². The number of primary amides is 1. The summed E-state index contributed by atoms with van der Waals surface area (Å²) in [5.41, 5.74) is 11.0. The van der Waals surface area contributed by atoms with Crippen molar-refractivity contribution in [2.45, 2.75) is 56.8 Å². The number of amides is 3. The third-order valence-corrected chi connectivity index (χ3v) is 4.49. The van der Waals surface area contributed by atoms with Crippen molar-refractivity contribution in [2.75, 3.05) is 13.1 Å². The first-order chi connectivity index (χ1) is 10.3. The maximum absolute atomic E-state index is 12.7. The summed E-state index contributed by atoms with van der Waals surface area (Å²) in [4.78, 5) is 39.3. The Hall–Kier alpha value is -1.67. The summed E-state index contributed by atoms with van der Waals surface area (Å²) >= 11 is 0. The van der Waals surface area contributed by atoms with Gasteiger partial charge in [0, 0.05) is 13.1 Å². The lowest BCUT2D eigenvalue weighted by Crippen LogP contribution is -2.56. The van der Waals surface area contributed by atoms with Crippen LogP contribution < -0.4 is 11.5 Å². The van der Waals surface area contributed by atoms with Crippen LogP contribution in [0.3, 0.4) is 0 Å². The summed E-state index contributed by atoms with van der Waals surface area (Å²) in [6, 6.07) is -2.24. The Morgan fingerprint density at radius 2 is 1.64 bits per heavy atom. The fourth-order valence-corrected chi connectivity index (χ4v) is 3.20. The van der Waals surface area contributed by atoms with E-state index in [1.54, 1.807) is 0 Å². The Bertz CT molecular complexity index is 468. The van der Waals surface area contributed by atoms with Gasteiger partial charge in [-0.3, -0.25) is 14.4 Å². The molecule has 124 valence electrons. The predicted octanol–water partition coefficient (Wildman–Crippen LogP) is -1.84. The number of nitrogens with two attached hydrogens (primary N) is 2. The Balaban J connectivity index is 2.11. The summed E-state index contributed by atoms with van der Waals surface area (Å²) in [7, 11) is 0. The molecule has 0 radical (unpaired) electrons. The van der Waals surface area contributed by atoms with Crippen molar-refractivity contribution in [1.29, 1.82) is 0 Å². The second-order valence-electron chi connectivity index (χ2n) is 6.05. The van der Waals surface area contributed by atoms with Gasteiger partial charge < -0.3 is 26.4 Å². The molecule has 0 aromatic carbocycles. The average molecular weight is 312 g/mol. The molecule has 8 heteroatoms.